The maximum Gasteiger partial charge on any atom is 2.00 e. The Kier molecular flexibility index (Phi) is 8.60. The van der Waals surface area contributed by atoms with Crippen LogP contribution in [0.4, 0.5) is 0 Å². The molecule has 28 heavy (non-hydrogen) atoms. The molecule has 0 aliphatic rings. The minimum atomic E-state index is 0. The summed E-state index contributed by atoms with van der Waals surface area (Å²) in [6, 6.07) is 30.3. The molecule has 2 heteroatoms. The summed E-state index contributed by atoms with van der Waals surface area (Å²) < 4.78 is 0. The molecule has 0 amide bonds. The van der Waals surface area contributed by atoms with Gasteiger partial charge < -0.3 is 0 Å². The predicted molar refractivity (Wildman–Crippen MR) is 124 cm³/mol. The summed E-state index contributed by atoms with van der Waals surface area (Å²) in [6.07, 6.45) is 0. The second kappa shape index (κ2) is 10.7. The van der Waals surface area contributed by atoms with E-state index in [4.69, 9.17) is 0 Å². The normalized spacial score (nSPS) is 10.0. The van der Waals surface area contributed by atoms with Crippen molar-refractivity contribution in [3.8, 4) is 0 Å². The summed E-state index contributed by atoms with van der Waals surface area (Å²) in [5, 5.41) is 8.10. The van der Waals surface area contributed by atoms with Crippen LogP contribution in [0.25, 0.3) is 32.3 Å². The van der Waals surface area contributed by atoms with Gasteiger partial charge in [-0.3, -0.25) is 0 Å². The Balaban J connectivity index is 0.000000177. The first-order chi connectivity index (χ1) is 13.1. The smallest absolute Gasteiger partial charge is 0.165 e. The molecule has 0 spiro atoms. The Hall–Kier alpha value is -1.76. The molecule has 0 aromatic heterocycles. The van der Waals surface area contributed by atoms with Gasteiger partial charge in [0.2, 0.25) is 0 Å². The predicted octanol–water partition coefficient (Wildman–Crippen LogP) is 7.67. The van der Waals surface area contributed by atoms with Gasteiger partial charge in [0.05, 0.1) is 0 Å². The van der Waals surface area contributed by atoms with Gasteiger partial charge in [-0.1, -0.05) is 68.7 Å². The summed E-state index contributed by atoms with van der Waals surface area (Å²) in [4.78, 5) is 0. The van der Waals surface area contributed by atoms with Crippen molar-refractivity contribution in [1.29, 1.82) is 0 Å². The zero-order chi connectivity index (χ0) is 19.2. The first kappa shape index (κ1) is 22.5. The number of fused-ring (bicyclic) bond motifs is 4. The minimum Gasteiger partial charge on any atom is -0.165 e. The van der Waals surface area contributed by atoms with E-state index in [9.17, 15) is 0 Å². The molecule has 138 valence electrons. The van der Waals surface area contributed by atoms with Crippen LogP contribution >= 0.6 is 0 Å². The van der Waals surface area contributed by atoms with Gasteiger partial charge in [0.25, 0.3) is 0 Å². The van der Waals surface area contributed by atoms with E-state index in [1.165, 1.54) is 43.4 Å². The van der Waals surface area contributed by atoms with E-state index in [2.05, 4.69) is 112 Å². The van der Waals surface area contributed by atoms with E-state index in [1.54, 1.807) is 0 Å². The van der Waals surface area contributed by atoms with Crippen LogP contribution in [0.2, 0.25) is 13.1 Å². The third-order valence-electron chi connectivity index (χ3n) is 4.52. The monoisotopic (exact) mass is 456 g/mol. The van der Waals surface area contributed by atoms with Gasteiger partial charge >= 0.3 is 26.2 Å². The van der Waals surface area contributed by atoms with Crippen molar-refractivity contribution in [2.24, 2.45) is 0 Å². The Bertz CT molecular complexity index is 1110. The Morgan fingerprint density at radius 3 is 1.89 bits per heavy atom. The van der Waals surface area contributed by atoms with Gasteiger partial charge in [-0.15, -0.1) is 69.1 Å². The van der Waals surface area contributed by atoms with Crippen LogP contribution in [-0.4, -0.2) is 9.52 Å². The van der Waals surface area contributed by atoms with Crippen LogP contribution < -0.4 is 0 Å². The standard InChI is InChI=1S/C14H11.C10H9.C2H6Si.Zr/c1-10-8-12-7-6-11-4-2-3-5-13(11)14(12)9-10;1-8-6-9-4-2-3-5-10(9)7-8;1-3-2;/h2-9H,1H3;2-7H,1H3;1-2H3;/q2*-1;;+2. The maximum absolute atomic E-state index is 2.26. The zero-order valence-electron chi connectivity index (χ0n) is 17.1. The van der Waals surface area contributed by atoms with Gasteiger partial charge in [-0.05, 0) is 5.39 Å². The molecule has 0 saturated carbocycles. The molecule has 0 saturated heterocycles. The Morgan fingerprint density at radius 2 is 1.18 bits per heavy atom. The van der Waals surface area contributed by atoms with Gasteiger partial charge in [-0.2, -0.15) is 12.1 Å². The van der Waals surface area contributed by atoms with Gasteiger partial charge in [0, 0.05) is 9.52 Å². The molecule has 0 bridgehead atoms. The van der Waals surface area contributed by atoms with Crippen molar-refractivity contribution in [3.63, 3.8) is 0 Å². The first-order valence-electron chi connectivity index (χ1n) is 9.37. The zero-order valence-corrected chi connectivity index (χ0v) is 20.5. The van der Waals surface area contributed by atoms with Crippen LogP contribution in [0.1, 0.15) is 11.1 Å². The molecule has 0 atom stereocenters. The van der Waals surface area contributed by atoms with Gasteiger partial charge in [-0.25, -0.2) is 0 Å². The molecular weight excluding hydrogens is 432 g/mol. The maximum atomic E-state index is 2.26. The van der Waals surface area contributed by atoms with Crippen molar-refractivity contribution in [2.45, 2.75) is 26.9 Å². The fraction of sp³-hybridized carbons (Fsp3) is 0.154. The minimum absolute atomic E-state index is 0. The van der Waals surface area contributed by atoms with Crippen molar-refractivity contribution in [2.75, 3.05) is 0 Å². The van der Waals surface area contributed by atoms with E-state index in [0.717, 1.165) is 9.52 Å². The van der Waals surface area contributed by atoms with Crippen LogP contribution in [0.5, 0.6) is 0 Å². The summed E-state index contributed by atoms with van der Waals surface area (Å²) in [6.45, 7) is 8.58. The number of hydrogen-bond donors (Lipinski definition) is 0. The van der Waals surface area contributed by atoms with E-state index in [1.807, 2.05) is 0 Å². The van der Waals surface area contributed by atoms with Crippen LogP contribution in [0.3, 0.4) is 0 Å². The third-order valence-corrected chi connectivity index (χ3v) is 4.52. The average Bonchev–Trinajstić information content (AvgIpc) is 3.23. The van der Waals surface area contributed by atoms with Crippen molar-refractivity contribution >= 4 is 41.8 Å². The SMILES string of the molecule is C[Si]C.Cc1cc2c(ccc3ccccc32)[cH-]1.Cc1cc2ccccc2[cH-]1.[Zr+2]. The summed E-state index contributed by atoms with van der Waals surface area (Å²) in [7, 11) is 1.08. The molecule has 5 aromatic carbocycles. The topological polar surface area (TPSA) is 0 Å². The van der Waals surface area contributed by atoms with E-state index in [0.29, 0.717) is 0 Å². The van der Waals surface area contributed by atoms with E-state index in [-0.39, 0.29) is 26.2 Å². The van der Waals surface area contributed by atoms with Crippen molar-refractivity contribution < 1.29 is 26.2 Å². The molecule has 0 nitrogen and oxygen atoms in total. The number of aryl methyl sites for hydroxylation is 2. The number of rotatable bonds is 0. The summed E-state index contributed by atoms with van der Waals surface area (Å²) in [5.41, 5.74) is 2.69. The quantitative estimate of drug-likeness (QED) is 0.165. The average molecular weight is 458 g/mol. The van der Waals surface area contributed by atoms with Crippen molar-refractivity contribution in [3.05, 3.63) is 96.1 Å². The fourth-order valence-corrected chi connectivity index (χ4v) is 3.42. The summed E-state index contributed by atoms with van der Waals surface area (Å²) in [5.74, 6) is 0. The van der Waals surface area contributed by atoms with E-state index >= 15 is 0 Å². The Labute approximate surface area is 190 Å². The third kappa shape index (κ3) is 5.40. The molecule has 0 aliphatic heterocycles. The molecule has 2 radical (unpaired) electrons. The number of benzene rings is 3. The van der Waals surface area contributed by atoms with Crippen LogP contribution in [0, 0.1) is 13.8 Å². The molecule has 0 unspecified atom stereocenters. The van der Waals surface area contributed by atoms with Gasteiger partial charge in [0.1, 0.15) is 0 Å². The largest absolute Gasteiger partial charge is 2.00 e. The fourth-order valence-electron chi connectivity index (χ4n) is 3.42. The first-order valence-corrected chi connectivity index (χ1v) is 11.4. The molecule has 0 fully saturated rings. The second-order valence-corrected chi connectivity index (χ2v) is 7.98. The Morgan fingerprint density at radius 1 is 0.607 bits per heavy atom. The number of hydrogen-bond acceptors (Lipinski definition) is 0. The van der Waals surface area contributed by atoms with Crippen LogP contribution in [-0.2, 0) is 26.2 Å². The molecule has 5 rings (SSSR count). The van der Waals surface area contributed by atoms with Gasteiger partial charge in [0.15, 0.2) is 0 Å². The molecular formula is C26H26SiZr. The molecule has 0 N–H and O–H groups in total. The van der Waals surface area contributed by atoms with Crippen LogP contribution in [0.15, 0.2) is 84.9 Å². The molecule has 5 aromatic rings. The van der Waals surface area contributed by atoms with E-state index < -0.39 is 0 Å². The second-order valence-electron chi connectivity index (χ2n) is 6.98. The molecule has 0 aliphatic carbocycles. The van der Waals surface area contributed by atoms with Crippen molar-refractivity contribution in [1.82, 2.24) is 0 Å². The summed E-state index contributed by atoms with van der Waals surface area (Å²) >= 11 is 0. The molecule has 0 heterocycles.